The molecule has 0 aliphatic carbocycles. The van der Waals surface area contributed by atoms with Crippen molar-refractivity contribution >= 4 is 12.1 Å². The highest BCUT2D eigenvalue weighted by atomic mass is 19.4. The predicted molar refractivity (Wildman–Crippen MR) is 98.7 cm³/mol. The first-order valence-electron chi connectivity index (χ1n) is 9.39. The number of carbonyl (C=O) groups is 1. The van der Waals surface area contributed by atoms with Gasteiger partial charge in [-0.05, 0) is 44.0 Å². The summed E-state index contributed by atoms with van der Waals surface area (Å²) >= 11 is 0. The Labute approximate surface area is 161 Å². The van der Waals surface area contributed by atoms with Crippen LogP contribution in [0.15, 0.2) is 36.5 Å². The highest BCUT2D eigenvalue weighted by molar-refractivity contribution is 5.79. The molecule has 1 unspecified atom stereocenters. The first-order valence-corrected chi connectivity index (χ1v) is 9.39. The number of nitrogens with zero attached hydrogens (tertiary/aromatic N) is 2. The van der Waals surface area contributed by atoms with Gasteiger partial charge in [-0.1, -0.05) is 11.6 Å². The molecule has 3 atom stereocenters. The molecule has 4 rings (SSSR count). The molecule has 2 fully saturated rings. The number of benzene rings is 1. The summed E-state index contributed by atoms with van der Waals surface area (Å²) in [5, 5.41) is 0. The highest BCUT2D eigenvalue weighted by Crippen LogP contribution is 2.40. The zero-order chi connectivity index (χ0) is 19.9. The molecule has 2 aromatic rings. The van der Waals surface area contributed by atoms with Crippen LogP contribution >= 0.6 is 0 Å². The van der Waals surface area contributed by atoms with Crippen LogP contribution in [0.5, 0.6) is 5.75 Å². The summed E-state index contributed by atoms with van der Waals surface area (Å²) in [7, 11) is 0. The molecule has 2 bridgehead atoms. The third-order valence-corrected chi connectivity index (χ3v) is 5.62. The first-order chi connectivity index (χ1) is 13.3. The van der Waals surface area contributed by atoms with Gasteiger partial charge in [-0.3, -0.25) is 4.79 Å². The average molecular weight is 390 g/mol. The van der Waals surface area contributed by atoms with E-state index in [-0.39, 0.29) is 18.2 Å². The van der Waals surface area contributed by atoms with Gasteiger partial charge >= 0.3 is 6.18 Å². The fourth-order valence-corrected chi connectivity index (χ4v) is 4.35. The van der Waals surface area contributed by atoms with Crippen molar-refractivity contribution in [2.45, 2.75) is 57.0 Å². The Bertz CT molecular complexity index is 853. The number of rotatable bonds is 4. The summed E-state index contributed by atoms with van der Waals surface area (Å²) in [6.45, 7) is 1.92. The van der Waals surface area contributed by atoms with Crippen LogP contribution in [0.3, 0.4) is 0 Å². The zero-order valence-corrected chi connectivity index (χ0v) is 15.4. The minimum absolute atomic E-state index is 0.0235. The van der Waals surface area contributed by atoms with Crippen molar-refractivity contribution in [1.82, 2.24) is 4.98 Å². The SMILES string of the molecule is Cc1ccc(OC2C[C@H]3CC[C@@H](C2)N3c2ccc(C(F)(F)F)cn2)c(C=O)c1. The van der Waals surface area contributed by atoms with E-state index in [1.165, 1.54) is 6.07 Å². The molecule has 1 aromatic carbocycles. The van der Waals surface area contributed by atoms with Gasteiger partial charge in [-0.2, -0.15) is 13.2 Å². The molecule has 1 aromatic heterocycles. The van der Waals surface area contributed by atoms with E-state index in [0.717, 1.165) is 49.8 Å². The number of hydrogen-bond acceptors (Lipinski definition) is 4. The average Bonchev–Trinajstić information content (AvgIpc) is 2.93. The van der Waals surface area contributed by atoms with Crippen LogP contribution in [-0.2, 0) is 6.18 Å². The topological polar surface area (TPSA) is 42.4 Å². The molecule has 28 heavy (non-hydrogen) atoms. The minimum atomic E-state index is -4.38. The van der Waals surface area contributed by atoms with Gasteiger partial charge in [0.1, 0.15) is 17.7 Å². The molecule has 0 amide bonds. The Morgan fingerprint density at radius 2 is 1.86 bits per heavy atom. The molecule has 0 spiro atoms. The maximum atomic E-state index is 12.8. The Morgan fingerprint density at radius 1 is 1.14 bits per heavy atom. The molecule has 2 aliphatic heterocycles. The van der Waals surface area contributed by atoms with E-state index in [0.29, 0.717) is 17.1 Å². The summed E-state index contributed by atoms with van der Waals surface area (Å²) < 4.78 is 44.5. The second-order valence-corrected chi connectivity index (χ2v) is 7.57. The molecule has 2 saturated heterocycles. The van der Waals surface area contributed by atoms with Crippen molar-refractivity contribution in [3.63, 3.8) is 0 Å². The van der Waals surface area contributed by atoms with Crippen LogP contribution in [0.2, 0.25) is 0 Å². The van der Waals surface area contributed by atoms with E-state index in [4.69, 9.17) is 4.74 Å². The number of ether oxygens (including phenoxy) is 1. The number of hydrogen-bond donors (Lipinski definition) is 0. The lowest BCUT2D eigenvalue weighted by Crippen LogP contribution is -2.46. The van der Waals surface area contributed by atoms with Crippen molar-refractivity contribution in [1.29, 1.82) is 0 Å². The van der Waals surface area contributed by atoms with Crippen molar-refractivity contribution in [2.75, 3.05) is 4.90 Å². The molecule has 0 saturated carbocycles. The number of aryl methyl sites for hydroxylation is 1. The molecule has 7 heteroatoms. The second kappa shape index (κ2) is 7.11. The summed E-state index contributed by atoms with van der Waals surface area (Å²) in [4.78, 5) is 17.5. The normalized spacial score (nSPS) is 24.3. The van der Waals surface area contributed by atoms with Crippen molar-refractivity contribution in [3.05, 3.63) is 53.2 Å². The third-order valence-electron chi connectivity index (χ3n) is 5.62. The second-order valence-electron chi connectivity index (χ2n) is 7.57. The van der Waals surface area contributed by atoms with Gasteiger partial charge in [0.05, 0.1) is 11.1 Å². The van der Waals surface area contributed by atoms with Gasteiger partial charge in [0.2, 0.25) is 0 Å². The van der Waals surface area contributed by atoms with Gasteiger partial charge in [0.25, 0.3) is 0 Å². The number of aldehydes is 1. The van der Waals surface area contributed by atoms with E-state index in [2.05, 4.69) is 9.88 Å². The van der Waals surface area contributed by atoms with E-state index in [1.54, 1.807) is 6.07 Å². The summed E-state index contributed by atoms with van der Waals surface area (Å²) in [5.74, 6) is 1.17. The molecular formula is C21H21F3N2O2. The molecule has 0 N–H and O–H groups in total. The van der Waals surface area contributed by atoms with Crippen molar-refractivity contribution < 1.29 is 22.7 Å². The van der Waals surface area contributed by atoms with Crippen molar-refractivity contribution in [3.8, 4) is 5.75 Å². The number of carbonyl (C=O) groups excluding carboxylic acids is 1. The van der Waals surface area contributed by atoms with Gasteiger partial charge in [-0.25, -0.2) is 4.98 Å². The molecule has 2 aliphatic rings. The molecular weight excluding hydrogens is 369 g/mol. The van der Waals surface area contributed by atoms with Crippen LogP contribution in [0, 0.1) is 6.92 Å². The Morgan fingerprint density at radius 3 is 2.43 bits per heavy atom. The third kappa shape index (κ3) is 3.57. The monoisotopic (exact) mass is 390 g/mol. The van der Waals surface area contributed by atoms with E-state index in [1.807, 2.05) is 19.1 Å². The van der Waals surface area contributed by atoms with Crippen LogP contribution in [0.1, 0.15) is 47.2 Å². The molecule has 0 radical (unpaired) electrons. The molecule has 3 heterocycles. The Kier molecular flexibility index (Phi) is 4.77. The van der Waals surface area contributed by atoms with Crippen LogP contribution < -0.4 is 9.64 Å². The standard InChI is InChI=1S/C21H21F3N2O2/c1-13-2-6-19(14(8-13)12-27)28-18-9-16-4-5-17(10-18)26(16)20-7-3-15(11-25-20)21(22,23)24/h2-3,6-8,11-12,16-18H,4-5,9-10H2,1H3/t16-,17+,18?. The number of halogens is 3. The van der Waals surface area contributed by atoms with Gasteiger partial charge < -0.3 is 9.64 Å². The number of alkyl halides is 3. The zero-order valence-electron chi connectivity index (χ0n) is 15.4. The van der Waals surface area contributed by atoms with Gasteiger partial charge in [0.15, 0.2) is 6.29 Å². The number of anilines is 1. The van der Waals surface area contributed by atoms with Crippen LogP contribution in [-0.4, -0.2) is 29.5 Å². The van der Waals surface area contributed by atoms with E-state index < -0.39 is 11.7 Å². The molecule has 4 nitrogen and oxygen atoms in total. The van der Waals surface area contributed by atoms with Crippen LogP contribution in [0.25, 0.3) is 0 Å². The quantitative estimate of drug-likeness (QED) is 0.704. The molecule has 148 valence electrons. The maximum Gasteiger partial charge on any atom is 0.417 e. The summed E-state index contributed by atoms with van der Waals surface area (Å²) in [6.07, 6.45) is 0.734. The fourth-order valence-electron chi connectivity index (χ4n) is 4.35. The van der Waals surface area contributed by atoms with E-state index >= 15 is 0 Å². The van der Waals surface area contributed by atoms with Crippen molar-refractivity contribution in [2.24, 2.45) is 0 Å². The predicted octanol–water partition coefficient (Wildman–Crippen LogP) is 4.80. The minimum Gasteiger partial charge on any atom is -0.490 e. The highest BCUT2D eigenvalue weighted by Gasteiger charge is 2.42. The van der Waals surface area contributed by atoms with Crippen LogP contribution in [0.4, 0.5) is 19.0 Å². The number of piperidine rings is 1. The lowest BCUT2D eigenvalue weighted by Gasteiger charge is -2.39. The summed E-state index contributed by atoms with van der Waals surface area (Å²) in [5.41, 5.74) is 0.805. The number of aromatic nitrogens is 1. The smallest absolute Gasteiger partial charge is 0.417 e. The number of pyridine rings is 1. The Hall–Kier alpha value is -2.57. The first kappa shape index (κ1) is 18.8. The summed E-state index contributed by atoms with van der Waals surface area (Å²) in [6, 6.07) is 8.45. The fraction of sp³-hybridized carbons (Fsp3) is 0.429. The number of fused-ring (bicyclic) bond motifs is 2. The lowest BCUT2D eigenvalue weighted by molar-refractivity contribution is -0.137. The largest absolute Gasteiger partial charge is 0.490 e. The van der Waals surface area contributed by atoms with Gasteiger partial charge in [0, 0.05) is 31.1 Å². The lowest BCUT2D eigenvalue weighted by atomic mass is 9.99. The Balaban J connectivity index is 1.48. The maximum absolute atomic E-state index is 12.8. The van der Waals surface area contributed by atoms with Gasteiger partial charge in [-0.15, -0.1) is 0 Å². The van der Waals surface area contributed by atoms with E-state index in [9.17, 15) is 18.0 Å².